The van der Waals surface area contributed by atoms with E-state index >= 15 is 0 Å². The highest BCUT2D eigenvalue weighted by Crippen LogP contribution is 2.41. The summed E-state index contributed by atoms with van der Waals surface area (Å²) < 4.78 is -0.0540. The Kier molecular flexibility index (Phi) is 9.27. The van der Waals surface area contributed by atoms with E-state index in [4.69, 9.17) is 0 Å². The third-order valence-electron chi connectivity index (χ3n) is 5.45. The maximum Gasteiger partial charge on any atom is 0.0687 e. The number of aliphatic hydroxyl groups is 1. The van der Waals surface area contributed by atoms with Crippen LogP contribution in [-0.2, 0) is 0 Å². The van der Waals surface area contributed by atoms with Crippen LogP contribution in [-0.4, -0.2) is 16.0 Å². The fourth-order valence-corrected chi connectivity index (χ4v) is 5.09. The molecule has 0 radical (unpaired) electrons. The third-order valence-corrected chi connectivity index (χ3v) is 6.90. The largest absolute Gasteiger partial charge is 0.392 e. The molecule has 136 valence electrons. The van der Waals surface area contributed by atoms with Crippen LogP contribution in [0.15, 0.2) is 35.2 Å². The van der Waals surface area contributed by atoms with Gasteiger partial charge in [0.25, 0.3) is 0 Å². The summed E-state index contributed by atoms with van der Waals surface area (Å²) in [6.07, 6.45) is 16.6. The van der Waals surface area contributed by atoms with E-state index in [-0.39, 0.29) is 10.9 Å². The number of rotatable bonds is 2. The second-order valence-electron chi connectivity index (χ2n) is 7.67. The van der Waals surface area contributed by atoms with Crippen LogP contribution < -0.4 is 0 Å². The maximum absolute atomic E-state index is 10.9. The van der Waals surface area contributed by atoms with E-state index in [9.17, 15) is 5.11 Å². The molecule has 0 aliphatic heterocycles. The van der Waals surface area contributed by atoms with Crippen molar-refractivity contribution in [2.75, 3.05) is 0 Å². The first-order chi connectivity index (χ1) is 11.7. The summed E-state index contributed by atoms with van der Waals surface area (Å²) in [4.78, 5) is 1.29. The van der Waals surface area contributed by atoms with E-state index in [1.54, 1.807) is 0 Å². The SMILES string of the molecule is C[C@@]1(Sc2ccccc2)CCCCCCCCCCCCC[C@H]1O. The van der Waals surface area contributed by atoms with E-state index in [0.717, 1.165) is 12.8 Å². The Bertz CT molecular complexity index is 433. The molecule has 0 bridgehead atoms. The van der Waals surface area contributed by atoms with Gasteiger partial charge in [0.05, 0.1) is 6.10 Å². The molecule has 0 heterocycles. The summed E-state index contributed by atoms with van der Waals surface area (Å²) in [5, 5.41) is 10.9. The van der Waals surface area contributed by atoms with Gasteiger partial charge in [0.2, 0.25) is 0 Å². The molecule has 0 amide bonds. The van der Waals surface area contributed by atoms with Gasteiger partial charge < -0.3 is 5.11 Å². The van der Waals surface area contributed by atoms with Gasteiger partial charge in [-0.15, -0.1) is 11.8 Å². The van der Waals surface area contributed by atoms with Crippen molar-refractivity contribution in [1.82, 2.24) is 0 Å². The van der Waals surface area contributed by atoms with Crippen molar-refractivity contribution >= 4 is 11.8 Å². The molecule has 1 aromatic rings. The molecule has 1 aliphatic carbocycles. The molecule has 0 aromatic heterocycles. The van der Waals surface area contributed by atoms with Gasteiger partial charge in [-0.05, 0) is 31.9 Å². The van der Waals surface area contributed by atoms with Gasteiger partial charge in [-0.2, -0.15) is 0 Å². The van der Waals surface area contributed by atoms with Crippen LogP contribution in [0.25, 0.3) is 0 Å². The minimum atomic E-state index is -0.201. The highest BCUT2D eigenvalue weighted by atomic mass is 32.2. The minimum absolute atomic E-state index is 0.0540. The molecule has 2 heteroatoms. The third kappa shape index (κ3) is 7.19. The number of hydrogen-bond acceptors (Lipinski definition) is 2. The van der Waals surface area contributed by atoms with Crippen molar-refractivity contribution in [3.63, 3.8) is 0 Å². The van der Waals surface area contributed by atoms with E-state index in [0.29, 0.717) is 0 Å². The Morgan fingerprint density at radius 3 is 1.88 bits per heavy atom. The lowest BCUT2D eigenvalue weighted by molar-refractivity contribution is 0.117. The Morgan fingerprint density at radius 2 is 1.29 bits per heavy atom. The summed E-state index contributed by atoms with van der Waals surface area (Å²) in [7, 11) is 0. The first-order valence-corrected chi connectivity index (χ1v) is 10.9. The van der Waals surface area contributed by atoms with Crippen LogP contribution in [0.5, 0.6) is 0 Å². The lowest BCUT2D eigenvalue weighted by atomic mass is 9.92. The standard InChI is InChI=1S/C22H36OS/c1-22(24-20-16-12-11-13-17-20)19-15-10-8-6-4-2-3-5-7-9-14-18-21(22)23/h11-13,16-17,21,23H,2-10,14-15,18-19H2,1H3/t21-,22-/m1/s1. The summed E-state index contributed by atoms with van der Waals surface area (Å²) in [5.74, 6) is 0. The van der Waals surface area contributed by atoms with Crippen LogP contribution in [0.4, 0.5) is 0 Å². The molecule has 1 saturated carbocycles. The molecule has 2 rings (SSSR count). The van der Waals surface area contributed by atoms with Gasteiger partial charge >= 0.3 is 0 Å². The van der Waals surface area contributed by atoms with E-state index in [1.165, 1.54) is 75.5 Å². The van der Waals surface area contributed by atoms with Gasteiger partial charge in [0.15, 0.2) is 0 Å². The normalized spacial score (nSPS) is 28.7. The summed E-state index contributed by atoms with van der Waals surface area (Å²) in [5.41, 5.74) is 0. The monoisotopic (exact) mass is 348 g/mol. The van der Waals surface area contributed by atoms with Crippen molar-refractivity contribution in [2.45, 2.75) is 106 Å². The Hall–Kier alpha value is -0.470. The predicted octanol–water partition coefficient (Wildman–Crippen LogP) is 6.98. The molecular formula is C22H36OS. The Labute approximate surface area is 153 Å². The highest BCUT2D eigenvalue weighted by Gasteiger charge is 2.33. The molecule has 1 aromatic carbocycles. The van der Waals surface area contributed by atoms with Crippen LogP contribution in [0.1, 0.15) is 90.4 Å². The lowest BCUT2D eigenvalue weighted by Crippen LogP contribution is -2.36. The highest BCUT2D eigenvalue weighted by molar-refractivity contribution is 8.00. The Balaban J connectivity index is 1.96. The van der Waals surface area contributed by atoms with E-state index < -0.39 is 0 Å². The van der Waals surface area contributed by atoms with Crippen molar-refractivity contribution < 1.29 is 5.11 Å². The summed E-state index contributed by atoms with van der Waals surface area (Å²) >= 11 is 1.89. The molecule has 1 N–H and O–H groups in total. The van der Waals surface area contributed by atoms with E-state index in [2.05, 4.69) is 37.3 Å². The molecule has 24 heavy (non-hydrogen) atoms. The van der Waals surface area contributed by atoms with Crippen molar-refractivity contribution in [2.24, 2.45) is 0 Å². The number of thioether (sulfide) groups is 1. The van der Waals surface area contributed by atoms with E-state index in [1.807, 2.05) is 11.8 Å². The average molecular weight is 349 g/mol. The lowest BCUT2D eigenvalue weighted by Gasteiger charge is -2.34. The number of benzene rings is 1. The Morgan fingerprint density at radius 1 is 0.792 bits per heavy atom. The second kappa shape index (κ2) is 11.2. The molecule has 2 atom stereocenters. The molecule has 0 saturated heterocycles. The molecular weight excluding hydrogens is 312 g/mol. The van der Waals surface area contributed by atoms with Gasteiger partial charge in [0, 0.05) is 9.64 Å². The summed E-state index contributed by atoms with van der Waals surface area (Å²) in [6, 6.07) is 10.6. The summed E-state index contributed by atoms with van der Waals surface area (Å²) in [6.45, 7) is 2.29. The molecule has 1 fully saturated rings. The first-order valence-electron chi connectivity index (χ1n) is 10.1. The van der Waals surface area contributed by atoms with Gasteiger partial charge in [-0.3, -0.25) is 0 Å². The van der Waals surface area contributed by atoms with Crippen molar-refractivity contribution in [1.29, 1.82) is 0 Å². The zero-order valence-corrected chi connectivity index (χ0v) is 16.3. The second-order valence-corrected chi connectivity index (χ2v) is 9.28. The van der Waals surface area contributed by atoms with Gasteiger partial charge in [0.1, 0.15) is 0 Å². The van der Waals surface area contributed by atoms with Crippen molar-refractivity contribution in [3.8, 4) is 0 Å². The van der Waals surface area contributed by atoms with Gasteiger partial charge in [-0.1, -0.05) is 88.8 Å². The smallest absolute Gasteiger partial charge is 0.0687 e. The first kappa shape index (κ1) is 19.8. The zero-order valence-electron chi connectivity index (χ0n) is 15.5. The number of aliphatic hydroxyl groups excluding tert-OH is 1. The van der Waals surface area contributed by atoms with Crippen molar-refractivity contribution in [3.05, 3.63) is 30.3 Å². The molecule has 1 aliphatic rings. The van der Waals surface area contributed by atoms with Crippen LogP contribution >= 0.6 is 11.8 Å². The van der Waals surface area contributed by atoms with Crippen LogP contribution in [0, 0.1) is 0 Å². The fourth-order valence-electron chi connectivity index (χ4n) is 3.75. The maximum atomic E-state index is 10.9. The predicted molar refractivity (Wildman–Crippen MR) is 107 cm³/mol. The zero-order chi connectivity index (χ0) is 17.1. The minimum Gasteiger partial charge on any atom is -0.392 e. The molecule has 0 unspecified atom stereocenters. The van der Waals surface area contributed by atoms with Crippen LogP contribution in [0.3, 0.4) is 0 Å². The quantitative estimate of drug-likeness (QED) is 0.622. The van der Waals surface area contributed by atoms with Gasteiger partial charge in [-0.25, -0.2) is 0 Å². The number of hydrogen-bond donors (Lipinski definition) is 1. The van der Waals surface area contributed by atoms with Crippen LogP contribution in [0.2, 0.25) is 0 Å². The average Bonchev–Trinajstić information content (AvgIpc) is 2.59. The molecule has 0 spiro atoms. The topological polar surface area (TPSA) is 20.2 Å². The fraction of sp³-hybridized carbons (Fsp3) is 0.727. The molecule has 1 nitrogen and oxygen atoms in total.